The number of ether oxygens (including phenoxy) is 1. The molecule has 1 aromatic carbocycles. The van der Waals surface area contributed by atoms with E-state index in [2.05, 4.69) is 11.4 Å². The van der Waals surface area contributed by atoms with E-state index in [0.717, 1.165) is 5.52 Å². The minimum atomic E-state index is -0.806. The molecule has 4 rings (SSSR count). The van der Waals surface area contributed by atoms with Gasteiger partial charge in [-0.05, 0) is 35.9 Å². The zero-order chi connectivity index (χ0) is 19.0. The normalized spacial score (nSPS) is 15.4. The molecule has 0 spiro atoms. The molecular formula is C19H14N4O4. The van der Waals surface area contributed by atoms with Gasteiger partial charge < -0.3 is 14.5 Å². The zero-order valence-electron chi connectivity index (χ0n) is 14.0. The number of nitrogens with zero attached hydrogens (tertiary/aromatic N) is 2. The number of hydroxylamine groups is 1. The lowest BCUT2D eigenvalue weighted by Crippen LogP contribution is -2.38. The Labute approximate surface area is 153 Å². The molecule has 0 radical (unpaired) electrons. The van der Waals surface area contributed by atoms with Crippen molar-refractivity contribution >= 4 is 23.0 Å². The molecule has 134 valence electrons. The maximum Gasteiger partial charge on any atom is 0.274 e. The fourth-order valence-corrected chi connectivity index (χ4v) is 3.15. The topological polar surface area (TPSA) is 116 Å². The second-order valence-electron chi connectivity index (χ2n) is 6.09. The molecule has 1 unspecified atom stereocenters. The average molecular weight is 362 g/mol. The third-order valence-electron chi connectivity index (χ3n) is 4.44. The van der Waals surface area contributed by atoms with E-state index in [1.54, 1.807) is 11.5 Å². The van der Waals surface area contributed by atoms with Crippen LogP contribution in [0.3, 0.4) is 0 Å². The van der Waals surface area contributed by atoms with Crippen molar-refractivity contribution in [2.45, 2.75) is 12.5 Å². The molecule has 0 fully saturated rings. The minimum absolute atomic E-state index is 0.184. The molecule has 1 atom stereocenters. The van der Waals surface area contributed by atoms with Gasteiger partial charge in [0, 0.05) is 24.4 Å². The number of pyridine rings is 1. The first-order valence-electron chi connectivity index (χ1n) is 8.15. The van der Waals surface area contributed by atoms with Gasteiger partial charge in [-0.15, -0.1) is 0 Å². The molecule has 3 aromatic rings. The van der Waals surface area contributed by atoms with Crippen LogP contribution in [-0.2, 0) is 11.2 Å². The smallest absolute Gasteiger partial charge is 0.274 e. The fourth-order valence-electron chi connectivity index (χ4n) is 3.15. The van der Waals surface area contributed by atoms with Crippen molar-refractivity contribution in [1.29, 1.82) is 5.26 Å². The van der Waals surface area contributed by atoms with E-state index in [1.807, 2.05) is 35.0 Å². The summed E-state index contributed by atoms with van der Waals surface area (Å²) < 4.78 is 7.62. The number of benzene rings is 1. The Hall–Kier alpha value is -3.83. The van der Waals surface area contributed by atoms with Gasteiger partial charge in [-0.1, -0.05) is 6.07 Å². The molecule has 0 saturated heterocycles. The van der Waals surface area contributed by atoms with Gasteiger partial charge in [0.1, 0.15) is 11.8 Å². The third-order valence-corrected chi connectivity index (χ3v) is 4.44. The Bertz CT molecular complexity index is 1110. The Morgan fingerprint density at radius 3 is 3.00 bits per heavy atom. The molecule has 3 N–H and O–H groups in total. The molecular weight excluding hydrogens is 348 g/mol. The van der Waals surface area contributed by atoms with Crippen LogP contribution in [0.15, 0.2) is 48.8 Å². The largest absolute Gasteiger partial charge is 0.478 e. The van der Waals surface area contributed by atoms with Crippen LogP contribution in [0.1, 0.15) is 21.5 Å². The monoisotopic (exact) mass is 362 g/mol. The summed E-state index contributed by atoms with van der Waals surface area (Å²) in [4.78, 5) is 23.9. The summed E-state index contributed by atoms with van der Waals surface area (Å²) >= 11 is 0. The zero-order valence-corrected chi connectivity index (χ0v) is 14.0. The number of nitrogens with one attached hydrogen (secondary N) is 2. The summed E-state index contributed by atoms with van der Waals surface area (Å²) in [6.45, 7) is 0. The summed E-state index contributed by atoms with van der Waals surface area (Å²) in [5.74, 6) is -0.645. The van der Waals surface area contributed by atoms with Crippen LogP contribution in [0.25, 0.3) is 5.52 Å². The van der Waals surface area contributed by atoms with E-state index in [4.69, 9.17) is 9.94 Å². The van der Waals surface area contributed by atoms with Gasteiger partial charge >= 0.3 is 0 Å². The standard InChI is InChI=1S/C19H14N4O4/c20-9-13-12(10-23-6-2-1-3-15(13)23)8-17-19(25)21-14-7-11(18(24)22-26)4-5-16(14)27-17/h1-7,10,17,26H,8H2,(H,21,25)(H,22,24). The van der Waals surface area contributed by atoms with E-state index in [1.165, 1.54) is 12.1 Å². The molecule has 8 heteroatoms. The van der Waals surface area contributed by atoms with Gasteiger partial charge in [-0.2, -0.15) is 5.26 Å². The van der Waals surface area contributed by atoms with Gasteiger partial charge in [0.05, 0.1) is 16.8 Å². The van der Waals surface area contributed by atoms with Gasteiger partial charge in [0.2, 0.25) is 0 Å². The van der Waals surface area contributed by atoms with Crippen molar-refractivity contribution in [3.8, 4) is 11.8 Å². The number of hydrogen-bond acceptors (Lipinski definition) is 5. The van der Waals surface area contributed by atoms with Crippen LogP contribution in [-0.4, -0.2) is 27.5 Å². The van der Waals surface area contributed by atoms with Crippen LogP contribution >= 0.6 is 0 Å². The molecule has 0 saturated carbocycles. The van der Waals surface area contributed by atoms with E-state index in [-0.39, 0.29) is 17.9 Å². The van der Waals surface area contributed by atoms with Gasteiger partial charge in [0.15, 0.2) is 6.10 Å². The van der Waals surface area contributed by atoms with Gasteiger partial charge in [-0.3, -0.25) is 14.8 Å². The molecule has 8 nitrogen and oxygen atoms in total. The van der Waals surface area contributed by atoms with Crippen LogP contribution in [0.5, 0.6) is 5.75 Å². The number of nitriles is 1. The van der Waals surface area contributed by atoms with Crippen LogP contribution < -0.4 is 15.5 Å². The predicted octanol–water partition coefficient (Wildman–Crippen LogP) is 1.87. The maximum atomic E-state index is 12.5. The molecule has 1 aliphatic heterocycles. The van der Waals surface area contributed by atoms with Crippen molar-refractivity contribution in [2.24, 2.45) is 0 Å². The van der Waals surface area contributed by atoms with Crippen molar-refractivity contribution in [3.63, 3.8) is 0 Å². The first kappa shape index (κ1) is 16.6. The van der Waals surface area contributed by atoms with E-state index in [9.17, 15) is 14.9 Å². The number of hydrogen-bond donors (Lipinski definition) is 3. The highest BCUT2D eigenvalue weighted by molar-refractivity contribution is 6.01. The number of anilines is 1. The number of fused-ring (bicyclic) bond motifs is 2. The van der Waals surface area contributed by atoms with Crippen molar-refractivity contribution in [2.75, 3.05) is 5.32 Å². The van der Waals surface area contributed by atoms with Crippen molar-refractivity contribution in [1.82, 2.24) is 9.88 Å². The first-order valence-corrected chi connectivity index (χ1v) is 8.15. The van der Waals surface area contributed by atoms with Crippen molar-refractivity contribution in [3.05, 3.63) is 65.5 Å². The van der Waals surface area contributed by atoms with Gasteiger partial charge in [0.25, 0.3) is 11.8 Å². The van der Waals surface area contributed by atoms with Crippen LogP contribution in [0.4, 0.5) is 5.69 Å². The number of carbonyl (C=O) groups excluding carboxylic acids is 2. The highest BCUT2D eigenvalue weighted by Crippen LogP contribution is 2.32. The molecule has 27 heavy (non-hydrogen) atoms. The second kappa shape index (κ2) is 6.48. The molecule has 0 aliphatic carbocycles. The SMILES string of the molecule is N#Cc1c(CC2Oc3ccc(C(=O)NO)cc3NC2=O)cn2ccccc12. The number of carbonyl (C=O) groups is 2. The molecule has 2 aromatic heterocycles. The lowest BCUT2D eigenvalue weighted by Gasteiger charge is -2.26. The molecule has 2 amide bonds. The van der Waals surface area contributed by atoms with E-state index < -0.39 is 12.0 Å². The summed E-state index contributed by atoms with van der Waals surface area (Å²) in [5.41, 5.74) is 4.06. The summed E-state index contributed by atoms with van der Waals surface area (Å²) in [6.07, 6.45) is 3.08. The summed E-state index contributed by atoms with van der Waals surface area (Å²) in [6, 6.07) is 12.2. The quantitative estimate of drug-likeness (QED) is 0.486. The number of aromatic nitrogens is 1. The highest BCUT2D eigenvalue weighted by Gasteiger charge is 2.30. The molecule has 3 heterocycles. The minimum Gasteiger partial charge on any atom is -0.478 e. The van der Waals surface area contributed by atoms with Gasteiger partial charge in [-0.25, -0.2) is 5.48 Å². The van der Waals surface area contributed by atoms with Crippen LogP contribution in [0.2, 0.25) is 0 Å². The fraction of sp³-hybridized carbons (Fsp3) is 0.105. The molecule has 1 aliphatic rings. The Kier molecular flexibility index (Phi) is 3.99. The van der Waals surface area contributed by atoms with Crippen LogP contribution in [0, 0.1) is 11.3 Å². The first-order chi connectivity index (χ1) is 13.1. The number of amides is 2. The average Bonchev–Trinajstić information content (AvgIpc) is 3.04. The van der Waals surface area contributed by atoms with Crippen molar-refractivity contribution < 1.29 is 19.5 Å². The number of rotatable bonds is 3. The summed E-state index contributed by atoms with van der Waals surface area (Å²) in [5, 5.41) is 20.9. The van der Waals surface area contributed by atoms with E-state index >= 15 is 0 Å². The molecule has 0 bridgehead atoms. The predicted molar refractivity (Wildman–Crippen MR) is 94.6 cm³/mol. The third kappa shape index (κ3) is 2.86. The summed E-state index contributed by atoms with van der Waals surface area (Å²) in [7, 11) is 0. The Morgan fingerprint density at radius 1 is 1.37 bits per heavy atom. The highest BCUT2D eigenvalue weighted by atomic mass is 16.5. The second-order valence-corrected chi connectivity index (χ2v) is 6.09. The Balaban J connectivity index is 1.63. The van der Waals surface area contributed by atoms with E-state index in [0.29, 0.717) is 22.6 Å². The lowest BCUT2D eigenvalue weighted by molar-refractivity contribution is -0.123. The maximum absolute atomic E-state index is 12.5. The lowest BCUT2D eigenvalue weighted by atomic mass is 10.0. The Morgan fingerprint density at radius 2 is 2.22 bits per heavy atom.